The summed E-state index contributed by atoms with van der Waals surface area (Å²) in [4.78, 5) is 0. The van der Waals surface area contributed by atoms with Crippen molar-refractivity contribution in [2.24, 2.45) is 0 Å². The summed E-state index contributed by atoms with van der Waals surface area (Å²) in [5.74, 6) is 0. The van der Waals surface area contributed by atoms with Gasteiger partial charge >= 0.3 is 0 Å². The summed E-state index contributed by atoms with van der Waals surface area (Å²) in [6.07, 6.45) is 1.25. The Morgan fingerprint density at radius 3 is 2.00 bits per heavy atom. The van der Waals surface area contributed by atoms with Gasteiger partial charge in [-0.05, 0) is 33.3 Å². The van der Waals surface area contributed by atoms with Gasteiger partial charge in [0, 0.05) is 6.42 Å². The highest BCUT2D eigenvalue weighted by Gasteiger charge is 2.20. The Balaban J connectivity index is 0.00000106. The summed E-state index contributed by atoms with van der Waals surface area (Å²) in [7, 11) is 0. The third-order valence-electron chi connectivity index (χ3n) is 2.03. The smallest absolute Gasteiger partial charge is 0.0670 e. The van der Waals surface area contributed by atoms with E-state index < -0.39 is 0 Å². The molecule has 1 heteroatoms. The molecular weight excluding hydrogens is 196 g/mol. The quantitative estimate of drug-likeness (QED) is 0.731. The minimum Gasteiger partial charge on any atom is -0.373 e. The fourth-order valence-electron chi connectivity index (χ4n) is 1.77. The highest BCUT2D eigenvalue weighted by Crippen LogP contribution is 2.18. The summed E-state index contributed by atoms with van der Waals surface area (Å²) in [5.41, 5.74) is 1.26. The van der Waals surface area contributed by atoms with Crippen LogP contribution in [0.5, 0.6) is 0 Å². The molecule has 0 amide bonds. The Morgan fingerprint density at radius 2 is 1.56 bits per heavy atom. The first-order chi connectivity index (χ1) is 7.49. The van der Waals surface area contributed by atoms with Gasteiger partial charge in [-0.2, -0.15) is 0 Å². The van der Waals surface area contributed by atoms with Crippen molar-refractivity contribution in [2.45, 2.75) is 59.7 Å². The SMILES string of the molecule is CC.CC(C)OC(C)(C)Cc1ccccc1. The lowest BCUT2D eigenvalue weighted by atomic mass is 9.98. The van der Waals surface area contributed by atoms with E-state index in [1.165, 1.54) is 5.56 Å². The molecule has 0 aliphatic carbocycles. The number of rotatable bonds is 4. The Morgan fingerprint density at radius 1 is 1.06 bits per heavy atom. The van der Waals surface area contributed by atoms with Crippen LogP contribution < -0.4 is 0 Å². The molecule has 0 atom stereocenters. The number of ether oxygens (including phenoxy) is 1. The first kappa shape index (κ1) is 15.2. The van der Waals surface area contributed by atoms with Crippen LogP contribution in [0.2, 0.25) is 0 Å². The highest BCUT2D eigenvalue weighted by molar-refractivity contribution is 5.16. The molecule has 1 aromatic carbocycles. The lowest BCUT2D eigenvalue weighted by molar-refractivity contribution is -0.0547. The molecule has 0 radical (unpaired) electrons. The van der Waals surface area contributed by atoms with Crippen molar-refractivity contribution < 1.29 is 4.74 Å². The molecule has 0 spiro atoms. The fourth-order valence-corrected chi connectivity index (χ4v) is 1.77. The largest absolute Gasteiger partial charge is 0.373 e. The zero-order valence-corrected chi connectivity index (χ0v) is 11.6. The van der Waals surface area contributed by atoms with Gasteiger partial charge in [-0.3, -0.25) is 0 Å². The molecule has 0 saturated heterocycles. The van der Waals surface area contributed by atoms with Gasteiger partial charge in [0.05, 0.1) is 11.7 Å². The van der Waals surface area contributed by atoms with Crippen LogP contribution >= 0.6 is 0 Å². The van der Waals surface area contributed by atoms with E-state index in [1.807, 2.05) is 19.9 Å². The van der Waals surface area contributed by atoms with E-state index in [2.05, 4.69) is 52.0 Å². The molecule has 0 fully saturated rings. The molecule has 0 heterocycles. The number of hydrogen-bond donors (Lipinski definition) is 0. The zero-order valence-electron chi connectivity index (χ0n) is 11.6. The maximum absolute atomic E-state index is 5.84. The molecule has 1 aromatic rings. The average molecular weight is 222 g/mol. The van der Waals surface area contributed by atoms with Crippen LogP contribution in [0.15, 0.2) is 30.3 Å². The van der Waals surface area contributed by atoms with Crippen LogP contribution in [0, 0.1) is 0 Å². The highest BCUT2D eigenvalue weighted by atomic mass is 16.5. The van der Waals surface area contributed by atoms with Crippen molar-refractivity contribution in [2.75, 3.05) is 0 Å². The van der Waals surface area contributed by atoms with E-state index in [-0.39, 0.29) is 11.7 Å². The maximum Gasteiger partial charge on any atom is 0.0670 e. The van der Waals surface area contributed by atoms with Crippen molar-refractivity contribution in [3.05, 3.63) is 35.9 Å². The minimum atomic E-state index is -0.0739. The van der Waals surface area contributed by atoms with Crippen LogP contribution in [-0.2, 0) is 11.2 Å². The van der Waals surface area contributed by atoms with Crippen molar-refractivity contribution in [3.63, 3.8) is 0 Å². The van der Waals surface area contributed by atoms with Crippen LogP contribution in [0.3, 0.4) is 0 Å². The van der Waals surface area contributed by atoms with Gasteiger partial charge in [0.1, 0.15) is 0 Å². The third kappa shape index (κ3) is 6.62. The second-order valence-corrected chi connectivity index (χ2v) is 4.59. The molecule has 0 aliphatic rings. The monoisotopic (exact) mass is 222 g/mol. The van der Waals surface area contributed by atoms with E-state index in [4.69, 9.17) is 4.74 Å². The predicted molar refractivity (Wildman–Crippen MR) is 71.8 cm³/mol. The van der Waals surface area contributed by atoms with E-state index in [0.717, 1.165) is 6.42 Å². The molecule has 16 heavy (non-hydrogen) atoms. The molecule has 0 N–H and O–H groups in total. The van der Waals surface area contributed by atoms with Gasteiger partial charge in [0.25, 0.3) is 0 Å². The standard InChI is InChI=1S/C13H20O.C2H6/c1-11(2)14-13(3,4)10-12-8-6-5-7-9-12;1-2/h5-9,11H,10H2,1-4H3;1-2H3. The molecule has 0 aliphatic heterocycles. The van der Waals surface area contributed by atoms with Crippen LogP contribution in [0.25, 0.3) is 0 Å². The van der Waals surface area contributed by atoms with Crippen molar-refractivity contribution in [1.82, 2.24) is 0 Å². The topological polar surface area (TPSA) is 9.23 Å². The van der Waals surface area contributed by atoms with E-state index in [9.17, 15) is 0 Å². The first-order valence-electron chi connectivity index (χ1n) is 6.21. The van der Waals surface area contributed by atoms with Gasteiger partial charge in [0.2, 0.25) is 0 Å². The lowest BCUT2D eigenvalue weighted by Crippen LogP contribution is -2.30. The van der Waals surface area contributed by atoms with Gasteiger partial charge in [-0.25, -0.2) is 0 Å². The van der Waals surface area contributed by atoms with Crippen molar-refractivity contribution in [1.29, 1.82) is 0 Å². The Labute approximate surface area is 101 Å². The minimum absolute atomic E-state index is 0.0739. The molecule has 0 bridgehead atoms. The van der Waals surface area contributed by atoms with Gasteiger partial charge < -0.3 is 4.74 Å². The summed E-state index contributed by atoms with van der Waals surface area (Å²) in [5, 5.41) is 0. The molecule has 92 valence electrons. The Kier molecular flexibility index (Phi) is 7.07. The van der Waals surface area contributed by atoms with E-state index in [0.29, 0.717) is 0 Å². The molecular formula is C15H26O. The predicted octanol–water partition coefficient (Wildman–Crippen LogP) is 4.46. The van der Waals surface area contributed by atoms with Gasteiger partial charge in [-0.15, -0.1) is 0 Å². The summed E-state index contributed by atoms with van der Waals surface area (Å²) in [6, 6.07) is 10.5. The normalized spacial score (nSPS) is 10.9. The van der Waals surface area contributed by atoms with Crippen LogP contribution in [0.4, 0.5) is 0 Å². The molecule has 0 unspecified atom stereocenters. The summed E-state index contributed by atoms with van der Waals surface area (Å²) >= 11 is 0. The fraction of sp³-hybridized carbons (Fsp3) is 0.600. The Hall–Kier alpha value is -0.820. The zero-order chi connectivity index (χ0) is 12.6. The second-order valence-electron chi connectivity index (χ2n) is 4.59. The van der Waals surface area contributed by atoms with E-state index in [1.54, 1.807) is 0 Å². The molecule has 1 rings (SSSR count). The molecule has 0 aromatic heterocycles. The van der Waals surface area contributed by atoms with Crippen LogP contribution in [0.1, 0.15) is 47.1 Å². The van der Waals surface area contributed by atoms with E-state index >= 15 is 0 Å². The average Bonchev–Trinajstić information content (AvgIpc) is 2.19. The first-order valence-corrected chi connectivity index (χ1v) is 6.21. The molecule has 0 saturated carbocycles. The lowest BCUT2D eigenvalue weighted by Gasteiger charge is -2.27. The van der Waals surface area contributed by atoms with Crippen molar-refractivity contribution >= 4 is 0 Å². The van der Waals surface area contributed by atoms with Crippen LogP contribution in [-0.4, -0.2) is 11.7 Å². The van der Waals surface area contributed by atoms with Gasteiger partial charge in [-0.1, -0.05) is 44.2 Å². The second kappa shape index (κ2) is 7.45. The number of hydrogen-bond acceptors (Lipinski definition) is 1. The van der Waals surface area contributed by atoms with Gasteiger partial charge in [0.15, 0.2) is 0 Å². The maximum atomic E-state index is 5.84. The summed E-state index contributed by atoms with van der Waals surface area (Å²) < 4.78 is 5.84. The third-order valence-corrected chi connectivity index (χ3v) is 2.03. The number of benzene rings is 1. The summed E-state index contributed by atoms with van der Waals surface area (Å²) in [6.45, 7) is 12.4. The van der Waals surface area contributed by atoms with Crippen molar-refractivity contribution in [3.8, 4) is 0 Å². The Bertz CT molecular complexity index is 262. The molecule has 1 nitrogen and oxygen atoms in total.